The summed E-state index contributed by atoms with van der Waals surface area (Å²) in [6, 6.07) is 4.33. The summed E-state index contributed by atoms with van der Waals surface area (Å²) < 4.78 is 111. The molecule has 0 N–H and O–H groups in total. The minimum absolute atomic E-state index is 0.778. The van der Waals surface area contributed by atoms with Crippen molar-refractivity contribution in [1.29, 1.82) is 0 Å². The van der Waals surface area contributed by atoms with Gasteiger partial charge in [-0.25, -0.2) is 21.4 Å². The van der Waals surface area contributed by atoms with Crippen LogP contribution in [0.3, 0.4) is 0 Å². The van der Waals surface area contributed by atoms with Gasteiger partial charge < -0.3 is 9.03 Å². The molecule has 0 saturated carbocycles. The van der Waals surface area contributed by atoms with E-state index in [2.05, 4.69) is 55.0 Å². The van der Waals surface area contributed by atoms with Crippen molar-refractivity contribution < 1.29 is 47.7 Å². The zero-order valence-electron chi connectivity index (χ0n) is 16.4. The van der Waals surface area contributed by atoms with E-state index in [1.807, 2.05) is 0 Å². The molecule has 7 nitrogen and oxygen atoms in total. The Morgan fingerprint density at radius 2 is 1.30 bits per heavy atom. The molecule has 0 atom stereocenters. The predicted octanol–water partition coefficient (Wildman–Crippen LogP) is 3.68. The van der Waals surface area contributed by atoms with Crippen LogP contribution in [0, 0.1) is 0 Å². The lowest BCUT2D eigenvalue weighted by molar-refractivity contribution is -0.697. The normalized spacial score (nSPS) is 12.8. The molecule has 0 saturated heterocycles. The van der Waals surface area contributed by atoms with Gasteiger partial charge in [0.2, 0.25) is 0 Å². The summed E-state index contributed by atoms with van der Waals surface area (Å²) in [6.07, 6.45) is 9.64. The third kappa shape index (κ3) is 9.47. The molecule has 176 valence electrons. The number of hydrogen-bond acceptors (Lipinski definition) is 5. The van der Waals surface area contributed by atoms with Gasteiger partial charge in [0.1, 0.15) is 6.54 Å². The Bertz CT molecular complexity index is 810. The molecule has 0 aliphatic rings. The summed E-state index contributed by atoms with van der Waals surface area (Å²) in [5, 5.41) is 0. The minimum Gasteiger partial charge on any atom is -0.421 e. The average Bonchev–Trinajstić information content (AvgIpc) is 2.57. The number of sulfonamides is 2. The molecular formula is C15H23F6N3O4S2. The second kappa shape index (κ2) is 11.1. The molecule has 30 heavy (non-hydrogen) atoms. The third-order valence-corrected chi connectivity index (χ3v) is 6.18. The van der Waals surface area contributed by atoms with Gasteiger partial charge in [-0.15, -0.1) is 0 Å². The number of hydrogen-bond donors (Lipinski definition) is 0. The maximum Gasteiger partial charge on any atom is 0.480 e. The van der Waals surface area contributed by atoms with E-state index >= 15 is 0 Å². The number of alkyl halides is 6. The van der Waals surface area contributed by atoms with E-state index in [0.717, 1.165) is 10.7 Å². The number of aryl methyl sites for hydroxylation is 1. The Kier molecular flexibility index (Phi) is 10.5. The van der Waals surface area contributed by atoms with E-state index in [9.17, 15) is 43.2 Å². The maximum atomic E-state index is 11.4. The van der Waals surface area contributed by atoms with Crippen molar-refractivity contribution in [3.05, 3.63) is 28.7 Å². The summed E-state index contributed by atoms with van der Waals surface area (Å²) in [7, 11) is -9.30. The van der Waals surface area contributed by atoms with Gasteiger partial charge in [0, 0.05) is 38.3 Å². The predicted molar refractivity (Wildman–Crippen MR) is 98.4 cm³/mol. The first kappa shape index (κ1) is 28.4. The first-order valence-electron chi connectivity index (χ1n) is 8.48. The number of rotatable bonds is 8. The standard InChI is InChI=1S/C13H23N2.C2F6NO4S2/c1-4-5-6-7-10-15-11-8-13(9-12-15)14(2)3;3-1(4,5)14(10,11)9-15(12,13)2(6,7)8/h8-9,11-12H,4-7,10H2,1-3H3;/q+1;-1. The first-order valence-corrected chi connectivity index (χ1v) is 11.4. The molecule has 1 aromatic rings. The van der Waals surface area contributed by atoms with E-state index in [1.165, 1.54) is 31.4 Å². The average molecular weight is 487 g/mol. The van der Waals surface area contributed by atoms with Crippen molar-refractivity contribution in [2.45, 2.75) is 50.2 Å². The number of unbranched alkanes of at least 4 members (excludes halogenated alkanes) is 3. The minimum atomic E-state index is -6.72. The van der Waals surface area contributed by atoms with Crippen molar-refractivity contribution in [2.75, 3.05) is 19.0 Å². The fraction of sp³-hybridized carbons (Fsp3) is 0.667. The molecule has 1 heterocycles. The zero-order valence-corrected chi connectivity index (χ0v) is 18.0. The van der Waals surface area contributed by atoms with Crippen molar-refractivity contribution in [3.8, 4) is 0 Å². The molecule has 0 amide bonds. The van der Waals surface area contributed by atoms with Crippen LogP contribution in [0.15, 0.2) is 24.5 Å². The number of anilines is 1. The molecule has 0 spiro atoms. The fourth-order valence-corrected chi connectivity index (χ4v) is 3.54. The Morgan fingerprint density at radius 1 is 0.867 bits per heavy atom. The molecule has 0 fully saturated rings. The van der Waals surface area contributed by atoms with Gasteiger partial charge in [-0.2, -0.15) is 26.3 Å². The summed E-state index contributed by atoms with van der Waals surface area (Å²) in [5.74, 6) is 0. The van der Waals surface area contributed by atoms with Crippen LogP contribution in [0.2, 0.25) is 0 Å². The Morgan fingerprint density at radius 3 is 1.63 bits per heavy atom. The molecule has 15 heteroatoms. The van der Waals surface area contributed by atoms with Gasteiger partial charge in [0.15, 0.2) is 32.4 Å². The van der Waals surface area contributed by atoms with Crippen LogP contribution in [-0.4, -0.2) is 41.9 Å². The van der Waals surface area contributed by atoms with Crippen molar-refractivity contribution in [1.82, 2.24) is 0 Å². The van der Waals surface area contributed by atoms with E-state index in [1.54, 1.807) is 0 Å². The van der Waals surface area contributed by atoms with Crippen LogP contribution >= 0.6 is 0 Å². The monoisotopic (exact) mass is 487 g/mol. The number of aromatic nitrogens is 1. The van der Waals surface area contributed by atoms with Crippen LogP contribution in [0.4, 0.5) is 32.0 Å². The van der Waals surface area contributed by atoms with Crippen LogP contribution in [0.1, 0.15) is 32.6 Å². The van der Waals surface area contributed by atoms with Crippen molar-refractivity contribution >= 4 is 25.7 Å². The second-order valence-corrected chi connectivity index (χ2v) is 9.59. The summed E-state index contributed by atoms with van der Waals surface area (Å²) in [5.41, 5.74) is -11.1. The van der Waals surface area contributed by atoms with Crippen molar-refractivity contribution in [2.24, 2.45) is 0 Å². The Balaban J connectivity index is 0.000000561. The Labute approximate surface area is 171 Å². The first-order chi connectivity index (χ1) is 13.4. The smallest absolute Gasteiger partial charge is 0.421 e. The second-order valence-electron chi connectivity index (χ2n) is 6.17. The van der Waals surface area contributed by atoms with Crippen LogP contribution in [-0.2, 0) is 26.6 Å². The lowest BCUT2D eigenvalue weighted by atomic mass is 10.2. The largest absolute Gasteiger partial charge is 0.480 e. The van der Waals surface area contributed by atoms with Crippen molar-refractivity contribution in [3.63, 3.8) is 0 Å². The van der Waals surface area contributed by atoms with E-state index < -0.39 is 31.1 Å². The highest BCUT2D eigenvalue weighted by Gasteiger charge is 2.46. The van der Waals surface area contributed by atoms with Gasteiger partial charge in [0.25, 0.3) is 0 Å². The topological polar surface area (TPSA) is 89.5 Å². The summed E-state index contributed by atoms with van der Waals surface area (Å²) in [4.78, 5) is 2.13. The van der Waals surface area contributed by atoms with E-state index in [0.29, 0.717) is 0 Å². The molecule has 0 aliphatic carbocycles. The quantitative estimate of drug-likeness (QED) is 0.317. The number of halogens is 6. The SMILES string of the molecule is CCCCCC[n+]1ccc(N(C)C)cc1.O=S(=O)([N-]S(=O)(=O)C(F)(F)F)C(F)(F)F. The van der Waals surface area contributed by atoms with Gasteiger partial charge in [-0.05, 0) is 6.42 Å². The molecule has 0 unspecified atom stereocenters. The highest BCUT2D eigenvalue weighted by Crippen LogP contribution is 2.36. The van der Waals surface area contributed by atoms with Gasteiger partial charge in [0.05, 0.1) is 0 Å². The molecule has 0 bridgehead atoms. The van der Waals surface area contributed by atoms with Crippen LogP contribution in [0.5, 0.6) is 0 Å². The molecule has 0 radical (unpaired) electrons. The summed E-state index contributed by atoms with van der Waals surface area (Å²) >= 11 is 0. The summed E-state index contributed by atoms with van der Waals surface area (Å²) in [6.45, 7) is 3.40. The van der Waals surface area contributed by atoms with Gasteiger partial charge in [-0.3, -0.25) is 0 Å². The fourth-order valence-electron chi connectivity index (χ4n) is 1.83. The maximum absolute atomic E-state index is 11.4. The third-order valence-electron chi connectivity index (χ3n) is 3.44. The molecular weight excluding hydrogens is 464 g/mol. The number of nitrogens with zero attached hydrogens (tertiary/aromatic N) is 3. The van der Waals surface area contributed by atoms with Gasteiger partial charge >= 0.3 is 11.0 Å². The lowest BCUT2D eigenvalue weighted by Gasteiger charge is -2.22. The van der Waals surface area contributed by atoms with Crippen LogP contribution in [0.25, 0.3) is 4.13 Å². The highest BCUT2D eigenvalue weighted by molar-refractivity contribution is 8.13. The zero-order chi connectivity index (χ0) is 23.8. The highest BCUT2D eigenvalue weighted by atomic mass is 32.3. The van der Waals surface area contributed by atoms with E-state index in [-0.39, 0.29) is 0 Å². The molecule has 0 aromatic carbocycles. The van der Waals surface area contributed by atoms with Gasteiger partial charge in [-0.1, -0.05) is 19.8 Å². The molecule has 0 aliphatic heterocycles. The number of pyridine rings is 1. The Hall–Kier alpha value is -1.61. The van der Waals surface area contributed by atoms with Crippen LogP contribution < -0.4 is 9.47 Å². The van der Waals surface area contributed by atoms with E-state index in [4.69, 9.17) is 0 Å². The molecule has 1 rings (SSSR count). The lowest BCUT2D eigenvalue weighted by Crippen LogP contribution is -2.32. The molecule has 1 aromatic heterocycles.